The molecule has 19 heavy (non-hydrogen) atoms. The third-order valence-corrected chi connectivity index (χ3v) is 3.29. The maximum absolute atomic E-state index is 11.9. The Hall–Kier alpha value is -1.62. The van der Waals surface area contributed by atoms with Crippen LogP contribution in [0.25, 0.3) is 0 Å². The Morgan fingerprint density at radius 3 is 2.79 bits per heavy atom. The third kappa shape index (κ3) is 3.67. The van der Waals surface area contributed by atoms with Crippen molar-refractivity contribution < 1.29 is 4.74 Å². The number of hydrogen-bond donors (Lipinski definition) is 0. The smallest absolute Gasteiger partial charge is 0.267 e. The predicted octanol–water partition coefficient (Wildman–Crippen LogP) is 2.78. The van der Waals surface area contributed by atoms with Crippen LogP contribution in [-0.2, 0) is 6.54 Å². The van der Waals surface area contributed by atoms with Crippen molar-refractivity contribution in [2.45, 2.75) is 19.9 Å². The summed E-state index contributed by atoms with van der Waals surface area (Å²) in [5, 5.41) is 0. The summed E-state index contributed by atoms with van der Waals surface area (Å²) < 4.78 is 7.73. The summed E-state index contributed by atoms with van der Waals surface area (Å²) >= 11 is 3.20. The van der Waals surface area contributed by atoms with E-state index in [0.29, 0.717) is 23.4 Å². The maximum atomic E-state index is 11.9. The highest BCUT2D eigenvalue weighted by Gasteiger charge is 2.04. The molecule has 0 aliphatic rings. The summed E-state index contributed by atoms with van der Waals surface area (Å²) in [7, 11) is 0. The highest BCUT2D eigenvalue weighted by atomic mass is 79.9. The maximum Gasteiger partial charge on any atom is 0.267 e. The van der Waals surface area contributed by atoms with Crippen molar-refractivity contribution in [1.82, 2.24) is 9.55 Å². The topological polar surface area (TPSA) is 44.1 Å². The Balaban J connectivity index is 1.90. The number of hydrogen-bond acceptors (Lipinski definition) is 3. The molecule has 0 saturated heterocycles. The van der Waals surface area contributed by atoms with E-state index in [1.54, 1.807) is 4.57 Å². The molecule has 0 bridgehead atoms. The van der Waals surface area contributed by atoms with Crippen LogP contribution in [0.4, 0.5) is 0 Å². The van der Waals surface area contributed by atoms with Crippen molar-refractivity contribution >= 4 is 15.9 Å². The molecule has 0 aliphatic heterocycles. The first-order chi connectivity index (χ1) is 9.18. The zero-order valence-electron chi connectivity index (χ0n) is 10.7. The summed E-state index contributed by atoms with van der Waals surface area (Å²) in [4.78, 5) is 16.0. The largest absolute Gasteiger partial charge is 0.494 e. The second-order valence-electron chi connectivity index (χ2n) is 4.13. The van der Waals surface area contributed by atoms with E-state index in [-0.39, 0.29) is 5.56 Å². The minimum Gasteiger partial charge on any atom is -0.494 e. The minimum absolute atomic E-state index is 0.0489. The van der Waals surface area contributed by atoms with E-state index in [1.807, 2.05) is 37.3 Å². The van der Waals surface area contributed by atoms with Crippen LogP contribution in [0.1, 0.15) is 12.2 Å². The quantitative estimate of drug-likeness (QED) is 0.795. The highest BCUT2D eigenvalue weighted by molar-refractivity contribution is 9.10. The van der Waals surface area contributed by atoms with Gasteiger partial charge < -0.3 is 4.74 Å². The van der Waals surface area contributed by atoms with Crippen LogP contribution < -0.4 is 10.3 Å². The molecular weight excluding hydrogens is 308 g/mol. The van der Waals surface area contributed by atoms with Crippen molar-refractivity contribution in [2.24, 2.45) is 0 Å². The number of rotatable bonds is 5. The van der Waals surface area contributed by atoms with Crippen molar-refractivity contribution in [2.75, 3.05) is 6.61 Å². The van der Waals surface area contributed by atoms with Gasteiger partial charge in [-0.15, -0.1) is 0 Å². The van der Waals surface area contributed by atoms with Gasteiger partial charge in [0.1, 0.15) is 16.0 Å². The SMILES string of the molecule is Cc1ncc(Br)c(=O)n1CCCOc1ccccc1. The Morgan fingerprint density at radius 2 is 2.05 bits per heavy atom. The Labute approximate surface area is 120 Å². The minimum atomic E-state index is -0.0489. The van der Waals surface area contributed by atoms with E-state index < -0.39 is 0 Å². The lowest BCUT2D eigenvalue weighted by atomic mass is 10.3. The Bertz CT molecular complexity index is 596. The average molecular weight is 323 g/mol. The van der Waals surface area contributed by atoms with Gasteiger partial charge in [0.05, 0.1) is 6.61 Å². The van der Waals surface area contributed by atoms with Gasteiger partial charge in [0, 0.05) is 12.7 Å². The van der Waals surface area contributed by atoms with Gasteiger partial charge >= 0.3 is 0 Å². The van der Waals surface area contributed by atoms with Crippen molar-refractivity contribution in [3.8, 4) is 5.75 Å². The Kier molecular flexibility index (Phi) is 4.74. The van der Waals surface area contributed by atoms with E-state index in [9.17, 15) is 4.79 Å². The number of aryl methyl sites for hydroxylation is 1. The molecule has 0 atom stereocenters. The molecule has 1 aromatic heterocycles. The van der Waals surface area contributed by atoms with Gasteiger partial charge in [0.2, 0.25) is 0 Å². The number of benzene rings is 1. The molecule has 100 valence electrons. The van der Waals surface area contributed by atoms with Gasteiger partial charge in [-0.3, -0.25) is 9.36 Å². The first kappa shape index (κ1) is 13.8. The fraction of sp³-hybridized carbons (Fsp3) is 0.286. The summed E-state index contributed by atoms with van der Waals surface area (Å²) in [5.41, 5.74) is -0.0489. The molecule has 5 heteroatoms. The van der Waals surface area contributed by atoms with Crippen LogP contribution in [0.15, 0.2) is 45.8 Å². The van der Waals surface area contributed by atoms with Crippen molar-refractivity contribution in [3.63, 3.8) is 0 Å². The lowest BCUT2D eigenvalue weighted by Crippen LogP contribution is -2.24. The molecule has 0 aliphatic carbocycles. The molecule has 0 N–H and O–H groups in total. The van der Waals surface area contributed by atoms with E-state index in [1.165, 1.54) is 6.20 Å². The molecule has 0 unspecified atom stereocenters. The fourth-order valence-corrected chi connectivity index (χ4v) is 2.06. The Morgan fingerprint density at radius 1 is 1.32 bits per heavy atom. The van der Waals surface area contributed by atoms with Gasteiger partial charge in [-0.2, -0.15) is 0 Å². The normalized spacial score (nSPS) is 10.4. The predicted molar refractivity (Wildman–Crippen MR) is 77.5 cm³/mol. The molecule has 0 spiro atoms. The highest BCUT2D eigenvalue weighted by Crippen LogP contribution is 2.08. The molecular formula is C14H15BrN2O2. The lowest BCUT2D eigenvalue weighted by Gasteiger charge is -2.10. The van der Waals surface area contributed by atoms with E-state index >= 15 is 0 Å². The van der Waals surface area contributed by atoms with Crippen molar-refractivity contribution in [1.29, 1.82) is 0 Å². The second kappa shape index (κ2) is 6.52. The summed E-state index contributed by atoms with van der Waals surface area (Å²) in [6, 6.07) is 9.64. The van der Waals surface area contributed by atoms with E-state index in [2.05, 4.69) is 20.9 Å². The number of ether oxygens (including phenoxy) is 1. The van der Waals surface area contributed by atoms with Gasteiger partial charge in [-0.1, -0.05) is 18.2 Å². The fourth-order valence-electron chi connectivity index (χ4n) is 1.74. The molecule has 1 heterocycles. The molecule has 1 aromatic carbocycles. The monoisotopic (exact) mass is 322 g/mol. The van der Waals surface area contributed by atoms with Gasteiger partial charge in [0.15, 0.2) is 0 Å². The van der Waals surface area contributed by atoms with Crippen LogP contribution in [0.2, 0.25) is 0 Å². The lowest BCUT2D eigenvalue weighted by molar-refractivity contribution is 0.300. The summed E-state index contributed by atoms with van der Waals surface area (Å²) in [6.45, 7) is 3.00. The molecule has 0 fully saturated rings. The molecule has 0 amide bonds. The van der Waals surface area contributed by atoms with Gasteiger partial charge in [-0.05, 0) is 41.4 Å². The summed E-state index contributed by atoms with van der Waals surface area (Å²) in [6.07, 6.45) is 2.29. The zero-order chi connectivity index (χ0) is 13.7. The van der Waals surface area contributed by atoms with Crippen LogP contribution in [0.5, 0.6) is 5.75 Å². The van der Waals surface area contributed by atoms with Crippen LogP contribution in [-0.4, -0.2) is 16.2 Å². The number of halogens is 1. The standard InChI is InChI=1S/C14H15BrN2O2/c1-11-16-10-13(15)14(18)17(11)8-5-9-19-12-6-3-2-4-7-12/h2-4,6-7,10H,5,8-9H2,1H3. The van der Waals surface area contributed by atoms with Gasteiger partial charge in [0.25, 0.3) is 5.56 Å². The molecule has 0 saturated carbocycles. The van der Waals surface area contributed by atoms with Crippen molar-refractivity contribution in [3.05, 3.63) is 57.2 Å². The molecule has 4 nitrogen and oxygen atoms in total. The first-order valence-corrected chi connectivity index (χ1v) is 6.87. The van der Waals surface area contributed by atoms with Crippen LogP contribution in [0, 0.1) is 6.92 Å². The van der Waals surface area contributed by atoms with Crippen LogP contribution >= 0.6 is 15.9 Å². The average Bonchev–Trinajstić information content (AvgIpc) is 2.43. The first-order valence-electron chi connectivity index (χ1n) is 6.08. The van der Waals surface area contributed by atoms with E-state index in [4.69, 9.17) is 4.74 Å². The van der Waals surface area contributed by atoms with Gasteiger partial charge in [-0.25, -0.2) is 4.98 Å². The number of nitrogens with zero attached hydrogens (tertiary/aromatic N) is 2. The van der Waals surface area contributed by atoms with Crippen LogP contribution in [0.3, 0.4) is 0 Å². The summed E-state index contributed by atoms with van der Waals surface area (Å²) in [5.74, 6) is 1.56. The second-order valence-corrected chi connectivity index (χ2v) is 4.98. The third-order valence-electron chi connectivity index (χ3n) is 2.74. The molecule has 0 radical (unpaired) electrons. The molecule has 2 rings (SSSR count). The van der Waals surface area contributed by atoms with E-state index in [0.717, 1.165) is 12.2 Å². The zero-order valence-corrected chi connectivity index (χ0v) is 12.3. The number of aromatic nitrogens is 2. The number of para-hydroxylation sites is 1. The molecule has 2 aromatic rings.